The summed E-state index contributed by atoms with van der Waals surface area (Å²) in [6, 6.07) is 7.02. The molecule has 3 aromatic rings. The molecule has 1 fully saturated rings. The summed E-state index contributed by atoms with van der Waals surface area (Å²) in [6.45, 7) is 0. The maximum atomic E-state index is 14.6. The van der Waals surface area contributed by atoms with Gasteiger partial charge in [0.05, 0.1) is 27.9 Å². The van der Waals surface area contributed by atoms with Crippen LogP contribution in [0.15, 0.2) is 42.5 Å². The van der Waals surface area contributed by atoms with Crippen molar-refractivity contribution < 1.29 is 36.3 Å². The van der Waals surface area contributed by atoms with Gasteiger partial charge < -0.3 is 16.0 Å². The summed E-state index contributed by atoms with van der Waals surface area (Å²) in [5, 5.41) is 5.73. The topological polar surface area (TPSA) is 87.3 Å². The predicted octanol–water partition coefficient (Wildman–Crippen LogP) is 8.05. The Kier molecular flexibility index (Phi) is 8.96. The van der Waals surface area contributed by atoms with Crippen LogP contribution < -0.4 is 16.0 Å². The number of halogens is 10. The lowest BCUT2D eigenvalue weighted by Crippen LogP contribution is -2.21. The highest BCUT2D eigenvalue weighted by atomic mass is 35.5. The molecule has 2 atom stereocenters. The van der Waals surface area contributed by atoms with E-state index in [0.717, 1.165) is 12.1 Å². The second-order valence-corrected chi connectivity index (χ2v) is 11.4. The number of hydrogen-bond acceptors (Lipinski definition) is 3. The van der Waals surface area contributed by atoms with Crippen LogP contribution in [0.25, 0.3) is 0 Å². The minimum atomic E-state index is -3.51. The Morgan fingerprint density at radius 2 is 1.34 bits per heavy atom. The highest BCUT2D eigenvalue weighted by molar-refractivity contribution is 6.53. The summed E-state index contributed by atoms with van der Waals surface area (Å²) in [6.07, 6.45) is -3.51. The van der Waals surface area contributed by atoms with Crippen LogP contribution in [-0.2, 0) is 9.59 Å². The monoisotopic (exact) mass is 673 g/mol. The Balaban J connectivity index is 1.56. The molecule has 41 heavy (non-hydrogen) atoms. The van der Waals surface area contributed by atoms with Gasteiger partial charge in [-0.25, -0.2) is 13.2 Å². The average molecular weight is 676 g/mol. The van der Waals surface area contributed by atoms with Crippen molar-refractivity contribution in [2.75, 3.05) is 16.0 Å². The standard InChI is InChI=1S/C25H13Cl5F5N3O3/c26-9-1-8(2-10(27)3-9)18-19(25(18,29)30)23(40)36-11-4-12(20(28)15(33)5-11)22(39)37-16-7-17(14(32)6-13(16)31)38-24(41)21(34)35/h1-7,18-19,21H,(H,36,40)(H,37,39)(H,38,41)/t18-,19+/m0/s1. The van der Waals surface area contributed by atoms with Gasteiger partial charge in [-0.1, -0.05) is 34.8 Å². The van der Waals surface area contributed by atoms with Crippen molar-refractivity contribution in [1.29, 1.82) is 0 Å². The fourth-order valence-electron chi connectivity index (χ4n) is 3.99. The van der Waals surface area contributed by atoms with Crippen molar-refractivity contribution in [3.8, 4) is 0 Å². The van der Waals surface area contributed by atoms with Gasteiger partial charge in [-0.2, -0.15) is 8.78 Å². The molecule has 1 aliphatic carbocycles. The van der Waals surface area contributed by atoms with Crippen LogP contribution in [0.5, 0.6) is 0 Å². The van der Waals surface area contributed by atoms with E-state index in [1.165, 1.54) is 23.5 Å². The Morgan fingerprint density at radius 3 is 1.93 bits per heavy atom. The molecule has 0 heterocycles. The van der Waals surface area contributed by atoms with E-state index in [4.69, 9.17) is 58.0 Å². The SMILES string of the molecule is O=C(Nc1cc(NC(=O)C(F)F)c(F)cc1F)c1cc(NC(=O)[C@H]2[C@H](c3cc(Cl)cc(Cl)c3)C2(Cl)Cl)cc(F)c1Cl. The molecular formula is C25H13Cl5F5N3O3. The van der Waals surface area contributed by atoms with Crippen LogP contribution in [0, 0.1) is 23.4 Å². The predicted molar refractivity (Wildman–Crippen MR) is 146 cm³/mol. The summed E-state index contributed by atoms with van der Waals surface area (Å²) in [7, 11) is 0. The largest absolute Gasteiger partial charge is 0.326 e. The van der Waals surface area contributed by atoms with E-state index in [0.29, 0.717) is 11.6 Å². The molecule has 3 amide bonds. The molecule has 0 spiro atoms. The second kappa shape index (κ2) is 11.8. The van der Waals surface area contributed by atoms with Gasteiger partial charge in [0.2, 0.25) is 5.91 Å². The maximum absolute atomic E-state index is 14.6. The summed E-state index contributed by atoms with van der Waals surface area (Å²) in [5.74, 6) is -9.55. The van der Waals surface area contributed by atoms with Crippen molar-refractivity contribution in [3.05, 3.63) is 86.1 Å². The number of rotatable bonds is 7. The molecule has 4 rings (SSSR count). The molecule has 0 saturated heterocycles. The van der Waals surface area contributed by atoms with Gasteiger partial charge in [-0.3, -0.25) is 14.4 Å². The highest BCUT2D eigenvalue weighted by Gasteiger charge is 2.67. The molecule has 3 N–H and O–H groups in total. The zero-order valence-corrected chi connectivity index (χ0v) is 23.6. The van der Waals surface area contributed by atoms with E-state index in [2.05, 4.69) is 5.32 Å². The normalized spacial score (nSPS) is 17.2. The zero-order valence-electron chi connectivity index (χ0n) is 19.8. The third-order valence-electron chi connectivity index (χ3n) is 5.88. The molecule has 0 unspecified atom stereocenters. The summed E-state index contributed by atoms with van der Waals surface area (Å²) >= 11 is 30.6. The minimum absolute atomic E-state index is 0.221. The molecule has 1 saturated carbocycles. The first-order valence-electron chi connectivity index (χ1n) is 11.1. The average Bonchev–Trinajstić information content (AvgIpc) is 3.45. The van der Waals surface area contributed by atoms with Gasteiger partial charge in [0.1, 0.15) is 21.8 Å². The van der Waals surface area contributed by atoms with Gasteiger partial charge in [0.15, 0.2) is 0 Å². The smallest absolute Gasteiger partial charge is 0.315 e. The van der Waals surface area contributed by atoms with Crippen molar-refractivity contribution >= 4 is 92.8 Å². The summed E-state index contributed by atoms with van der Waals surface area (Å²) < 4.78 is 66.3. The van der Waals surface area contributed by atoms with Crippen LogP contribution >= 0.6 is 58.0 Å². The molecule has 0 aliphatic heterocycles. The molecule has 0 bridgehead atoms. The summed E-state index contributed by atoms with van der Waals surface area (Å²) in [5.41, 5.74) is -2.01. The van der Waals surface area contributed by atoms with Crippen LogP contribution in [0.4, 0.5) is 39.0 Å². The van der Waals surface area contributed by atoms with Crippen LogP contribution in [0.3, 0.4) is 0 Å². The van der Waals surface area contributed by atoms with E-state index < -0.39 is 79.7 Å². The molecule has 216 valence electrons. The van der Waals surface area contributed by atoms with E-state index in [-0.39, 0.29) is 21.8 Å². The molecule has 16 heteroatoms. The van der Waals surface area contributed by atoms with Crippen molar-refractivity contribution in [2.24, 2.45) is 5.92 Å². The lowest BCUT2D eigenvalue weighted by molar-refractivity contribution is -0.126. The lowest BCUT2D eigenvalue weighted by atomic mass is 10.1. The number of alkyl halides is 4. The number of nitrogens with one attached hydrogen (secondary N) is 3. The Labute approximate surface area is 253 Å². The third kappa shape index (κ3) is 6.65. The van der Waals surface area contributed by atoms with Gasteiger partial charge in [-0.15, -0.1) is 23.2 Å². The van der Waals surface area contributed by atoms with Crippen LogP contribution in [-0.4, -0.2) is 28.5 Å². The van der Waals surface area contributed by atoms with E-state index in [1.807, 2.05) is 5.32 Å². The van der Waals surface area contributed by atoms with Gasteiger partial charge in [-0.05, 0) is 42.0 Å². The highest BCUT2D eigenvalue weighted by Crippen LogP contribution is 2.65. The third-order valence-corrected chi connectivity index (χ3v) is 7.64. The van der Waals surface area contributed by atoms with Crippen molar-refractivity contribution in [3.63, 3.8) is 0 Å². The van der Waals surface area contributed by atoms with E-state index in [9.17, 15) is 36.3 Å². The number of carbonyl (C=O) groups excluding carboxylic acids is 3. The maximum Gasteiger partial charge on any atom is 0.315 e. The van der Waals surface area contributed by atoms with Crippen LogP contribution in [0.1, 0.15) is 21.8 Å². The fourth-order valence-corrected chi connectivity index (χ4v) is 5.55. The van der Waals surface area contributed by atoms with Gasteiger partial charge >= 0.3 is 6.43 Å². The first kappa shape index (κ1) is 31.1. The summed E-state index contributed by atoms with van der Waals surface area (Å²) in [4.78, 5) is 37.0. The zero-order chi connectivity index (χ0) is 30.4. The Bertz CT molecular complexity index is 1570. The lowest BCUT2D eigenvalue weighted by Gasteiger charge is -2.13. The Morgan fingerprint density at radius 1 is 0.756 bits per heavy atom. The molecule has 3 aromatic carbocycles. The second-order valence-electron chi connectivity index (χ2n) is 8.70. The molecular weight excluding hydrogens is 663 g/mol. The van der Waals surface area contributed by atoms with Gasteiger partial charge in [0, 0.05) is 27.7 Å². The van der Waals surface area contributed by atoms with Crippen molar-refractivity contribution in [2.45, 2.75) is 16.7 Å². The number of anilines is 3. The van der Waals surface area contributed by atoms with E-state index >= 15 is 0 Å². The van der Waals surface area contributed by atoms with Crippen LogP contribution in [0.2, 0.25) is 15.1 Å². The van der Waals surface area contributed by atoms with Gasteiger partial charge in [0.25, 0.3) is 11.8 Å². The van der Waals surface area contributed by atoms with Crippen molar-refractivity contribution in [1.82, 2.24) is 0 Å². The Hall–Kier alpha value is -2.83. The quantitative estimate of drug-likeness (QED) is 0.175. The first-order chi connectivity index (χ1) is 19.1. The molecule has 0 radical (unpaired) electrons. The fraction of sp³-hybridized carbons (Fsp3) is 0.160. The number of carbonyl (C=O) groups is 3. The number of benzene rings is 3. The molecule has 0 aromatic heterocycles. The minimum Gasteiger partial charge on any atom is -0.326 e. The molecule has 6 nitrogen and oxygen atoms in total. The number of amides is 3. The van der Waals surface area contributed by atoms with E-state index in [1.54, 1.807) is 0 Å². The first-order valence-corrected chi connectivity index (χ1v) is 13.0. The molecule has 1 aliphatic rings. The number of hydrogen-bond donors (Lipinski definition) is 3.